The van der Waals surface area contributed by atoms with Gasteiger partial charge < -0.3 is 20.0 Å². The van der Waals surface area contributed by atoms with Gasteiger partial charge in [0.25, 0.3) is 0 Å². The molecule has 0 bridgehead atoms. The van der Waals surface area contributed by atoms with E-state index >= 15 is 0 Å². The van der Waals surface area contributed by atoms with Crippen molar-refractivity contribution in [1.29, 1.82) is 0 Å². The summed E-state index contributed by atoms with van der Waals surface area (Å²) in [6, 6.07) is -0.430. The van der Waals surface area contributed by atoms with E-state index in [1.54, 1.807) is 19.0 Å². The molecule has 2 heterocycles. The highest BCUT2D eigenvalue weighted by atomic mass is 32.2. The summed E-state index contributed by atoms with van der Waals surface area (Å²) in [6.07, 6.45) is 0.422. The van der Waals surface area contributed by atoms with E-state index in [-0.39, 0.29) is 57.2 Å². The number of carbonyl (C=O) groups is 3. The van der Waals surface area contributed by atoms with Crippen molar-refractivity contribution in [3.63, 3.8) is 0 Å². The van der Waals surface area contributed by atoms with Gasteiger partial charge >= 0.3 is 0 Å². The Morgan fingerprint density at radius 1 is 1.23 bits per heavy atom. The van der Waals surface area contributed by atoms with E-state index in [2.05, 4.69) is 44.5 Å². The number of β-lactam (4-membered cyclic amide) rings is 1. The molecular weight excluding hydrogens is 418 g/mol. The molecule has 0 unspecified atom stereocenters. The van der Waals surface area contributed by atoms with Gasteiger partial charge in [0, 0.05) is 31.8 Å². The van der Waals surface area contributed by atoms with Gasteiger partial charge in [-0.05, 0) is 31.5 Å². The number of hydrogen-bond acceptors (Lipinski definition) is 6. The maximum absolute atomic E-state index is 12.9. The molecule has 0 aromatic heterocycles. The quantitative estimate of drug-likeness (QED) is 0.450. The summed E-state index contributed by atoms with van der Waals surface area (Å²) in [7, 11) is 1.47. The third-order valence-corrected chi connectivity index (χ3v) is 12.7. The first kappa shape index (κ1) is 25.4. The van der Waals surface area contributed by atoms with Crippen LogP contribution < -0.4 is 10.6 Å². The molecule has 2 saturated heterocycles. The van der Waals surface area contributed by atoms with Crippen LogP contribution in [0.3, 0.4) is 0 Å². The Hall–Kier alpha value is -0.903. The Morgan fingerprint density at radius 2 is 1.83 bits per heavy atom. The lowest BCUT2D eigenvalue weighted by molar-refractivity contribution is -0.143. The van der Waals surface area contributed by atoms with Crippen LogP contribution >= 0.6 is 11.8 Å². The molecule has 2 aliphatic rings. The van der Waals surface area contributed by atoms with Crippen LogP contribution in [0.15, 0.2) is 0 Å². The first-order valence-corrected chi connectivity index (χ1v) is 14.6. The molecule has 172 valence electrons. The largest absolute Gasteiger partial charge is 0.413 e. The summed E-state index contributed by atoms with van der Waals surface area (Å²) >= 11 is 1.30. The minimum absolute atomic E-state index is 0.0324. The molecule has 30 heavy (non-hydrogen) atoms. The average Bonchev–Trinajstić information content (AvgIpc) is 3.04. The average molecular weight is 458 g/mol. The zero-order chi connectivity index (χ0) is 23.0. The molecule has 0 saturated carbocycles. The fourth-order valence-electron chi connectivity index (χ4n) is 3.78. The zero-order valence-electron chi connectivity index (χ0n) is 19.9. The molecule has 0 radical (unpaired) electrons. The summed E-state index contributed by atoms with van der Waals surface area (Å²) in [6.45, 7) is 15.4. The van der Waals surface area contributed by atoms with Crippen LogP contribution in [0.2, 0.25) is 18.1 Å². The van der Waals surface area contributed by atoms with Crippen molar-refractivity contribution in [2.45, 2.75) is 82.6 Å². The van der Waals surface area contributed by atoms with E-state index < -0.39 is 8.32 Å². The number of rotatable bonds is 7. The van der Waals surface area contributed by atoms with Gasteiger partial charge in [0.05, 0.1) is 24.1 Å². The van der Waals surface area contributed by atoms with Crippen LogP contribution in [0.25, 0.3) is 0 Å². The van der Waals surface area contributed by atoms with E-state index in [4.69, 9.17) is 4.43 Å². The van der Waals surface area contributed by atoms with Crippen molar-refractivity contribution in [1.82, 2.24) is 15.5 Å². The number of thioether (sulfide) groups is 1. The molecule has 9 heteroatoms. The second-order valence-electron chi connectivity index (χ2n) is 10.4. The molecule has 2 fully saturated rings. The summed E-state index contributed by atoms with van der Waals surface area (Å²) in [5, 5.41) is 6.34. The summed E-state index contributed by atoms with van der Waals surface area (Å²) in [4.78, 5) is 38.9. The highest BCUT2D eigenvalue weighted by molar-refractivity contribution is 8.14. The first-order valence-electron chi connectivity index (χ1n) is 10.8. The molecule has 0 spiro atoms. The number of carbonyl (C=O) groups excluding carboxylic acids is 3. The molecule has 2 aliphatic heterocycles. The van der Waals surface area contributed by atoms with Crippen molar-refractivity contribution >= 4 is 37.0 Å². The summed E-state index contributed by atoms with van der Waals surface area (Å²) in [5.74, 6) is -0.591. The third-order valence-electron chi connectivity index (χ3n) is 6.81. The third kappa shape index (κ3) is 5.47. The Balaban J connectivity index is 1.94. The predicted octanol–water partition coefficient (Wildman–Crippen LogP) is 2.23. The van der Waals surface area contributed by atoms with Crippen molar-refractivity contribution in [3.8, 4) is 0 Å². The standard InChI is InChI=1S/C21H39N3O4SSi/c1-12(20(27)29-14-10-15(22-11-14)19(26)24(6)7)17-16(18(25)23-17)13(2)28-30(8,9)21(3,4)5/h12-17,22H,10-11H2,1-9H3,(H,23,25)/t12-,13+,14+,15+,16-,17-/m1/s1. The van der Waals surface area contributed by atoms with E-state index in [0.29, 0.717) is 13.0 Å². The molecule has 2 N–H and O–H groups in total. The Labute approximate surface area is 186 Å². The SMILES string of the molecule is C[C@H](O[Si](C)(C)C(C)(C)C)[C@H]1C(=O)N[C@@H]1[C@@H](C)C(=O)S[C@@H]1CN[C@H](C(=O)N(C)C)C1. The Morgan fingerprint density at radius 3 is 2.33 bits per heavy atom. The number of hydrogen-bond donors (Lipinski definition) is 2. The molecule has 7 nitrogen and oxygen atoms in total. The van der Waals surface area contributed by atoms with Crippen molar-refractivity contribution in [2.24, 2.45) is 11.8 Å². The number of nitrogens with zero attached hydrogens (tertiary/aromatic N) is 1. The van der Waals surface area contributed by atoms with E-state index in [1.165, 1.54) is 11.8 Å². The number of likely N-dealkylation sites (N-methyl/N-ethyl adjacent to an activating group) is 1. The van der Waals surface area contributed by atoms with Gasteiger partial charge in [0.1, 0.15) is 0 Å². The highest BCUT2D eigenvalue weighted by Crippen LogP contribution is 2.40. The number of nitrogens with one attached hydrogen (secondary N) is 2. The summed E-state index contributed by atoms with van der Waals surface area (Å²) in [5.41, 5.74) is 0. The minimum Gasteiger partial charge on any atom is -0.413 e. The van der Waals surface area contributed by atoms with Crippen LogP contribution in [0.1, 0.15) is 41.0 Å². The molecule has 2 rings (SSSR count). The predicted molar refractivity (Wildman–Crippen MR) is 124 cm³/mol. The molecule has 0 aromatic carbocycles. The lowest BCUT2D eigenvalue weighted by Gasteiger charge is -2.46. The van der Waals surface area contributed by atoms with E-state index in [9.17, 15) is 14.4 Å². The molecule has 0 aromatic rings. The maximum atomic E-state index is 12.9. The van der Waals surface area contributed by atoms with E-state index in [0.717, 1.165) is 0 Å². The molecule has 0 aliphatic carbocycles. The van der Waals surface area contributed by atoms with Gasteiger partial charge in [-0.15, -0.1) is 0 Å². The first-order chi connectivity index (χ1) is 13.7. The molecular formula is C21H39N3O4SSi. The van der Waals surface area contributed by atoms with Gasteiger partial charge in [-0.2, -0.15) is 0 Å². The van der Waals surface area contributed by atoms with Crippen LogP contribution in [0.5, 0.6) is 0 Å². The van der Waals surface area contributed by atoms with Crippen molar-refractivity contribution in [3.05, 3.63) is 0 Å². The molecule has 6 atom stereocenters. The van der Waals surface area contributed by atoms with Gasteiger partial charge in [0.15, 0.2) is 13.4 Å². The van der Waals surface area contributed by atoms with Gasteiger partial charge in [-0.25, -0.2) is 0 Å². The Bertz CT molecular complexity index is 680. The van der Waals surface area contributed by atoms with Crippen molar-refractivity contribution < 1.29 is 18.8 Å². The van der Waals surface area contributed by atoms with Crippen molar-refractivity contribution in [2.75, 3.05) is 20.6 Å². The highest BCUT2D eigenvalue weighted by Gasteiger charge is 2.50. The second kappa shape index (κ2) is 9.30. The summed E-state index contributed by atoms with van der Waals surface area (Å²) < 4.78 is 6.44. The van der Waals surface area contributed by atoms with Gasteiger partial charge in [-0.1, -0.05) is 39.5 Å². The lowest BCUT2D eigenvalue weighted by atomic mass is 9.79. The van der Waals surface area contributed by atoms with Gasteiger partial charge in [0.2, 0.25) is 11.8 Å². The zero-order valence-corrected chi connectivity index (χ0v) is 21.7. The normalized spacial score (nSPS) is 29.0. The second-order valence-corrected chi connectivity index (χ2v) is 16.5. The monoisotopic (exact) mass is 457 g/mol. The van der Waals surface area contributed by atoms with Crippen LogP contribution in [0.4, 0.5) is 0 Å². The molecule has 2 amide bonds. The van der Waals surface area contributed by atoms with Gasteiger partial charge in [-0.3, -0.25) is 14.4 Å². The van der Waals surface area contributed by atoms with Crippen LogP contribution in [0, 0.1) is 11.8 Å². The minimum atomic E-state index is -2.01. The smallest absolute Gasteiger partial charge is 0.239 e. The fourth-order valence-corrected chi connectivity index (χ4v) is 6.37. The maximum Gasteiger partial charge on any atom is 0.239 e. The fraction of sp³-hybridized carbons (Fsp3) is 0.857. The topological polar surface area (TPSA) is 87.7 Å². The van der Waals surface area contributed by atoms with Crippen LogP contribution in [-0.4, -0.2) is 74.2 Å². The van der Waals surface area contributed by atoms with Crippen LogP contribution in [-0.2, 0) is 18.8 Å². The van der Waals surface area contributed by atoms with E-state index in [1.807, 2.05) is 13.8 Å². The Kier molecular flexibility index (Phi) is 7.86. The lowest BCUT2D eigenvalue weighted by Crippen LogP contribution is -2.66. The number of amides is 2.